The summed E-state index contributed by atoms with van der Waals surface area (Å²) < 4.78 is 16.7. The zero-order valence-corrected chi connectivity index (χ0v) is 17.4. The molecule has 2 aliphatic carbocycles. The van der Waals surface area contributed by atoms with Crippen LogP contribution in [0.3, 0.4) is 0 Å². The van der Waals surface area contributed by atoms with Crippen LogP contribution in [0.15, 0.2) is 22.8 Å². The molecular formula is C21H30O7. The Morgan fingerprint density at radius 1 is 1.36 bits per heavy atom. The fourth-order valence-electron chi connectivity index (χ4n) is 5.12. The van der Waals surface area contributed by atoms with Crippen molar-refractivity contribution < 1.29 is 34.0 Å². The standard InChI is InChI=1S/C21H30O7/c1-7-11(2)17(23)27-14-9-8-12(3)19(5)16(22)15-13(4)18(24)28-21(15,26-6)10-20(14,19)25/h7,12,14,16,22,25H,8-10H2,1-6H3. The minimum Gasteiger partial charge on any atom is -0.456 e. The second kappa shape index (κ2) is 6.68. The maximum atomic E-state index is 12.4. The van der Waals surface area contributed by atoms with Gasteiger partial charge in [0, 0.05) is 29.2 Å². The third kappa shape index (κ3) is 2.52. The van der Waals surface area contributed by atoms with Crippen LogP contribution >= 0.6 is 0 Å². The van der Waals surface area contributed by atoms with Gasteiger partial charge in [0.2, 0.25) is 5.79 Å². The molecule has 0 aromatic heterocycles. The average molecular weight is 394 g/mol. The van der Waals surface area contributed by atoms with Crippen LogP contribution in [0.4, 0.5) is 0 Å². The summed E-state index contributed by atoms with van der Waals surface area (Å²) in [6.45, 7) is 8.72. The smallest absolute Gasteiger partial charge is 0.336 e. The van der Waals surface area contributed by atoms with Gasteiger partial charge in [0.1, 0.15) is 11.7 Å². The van der Waals surface area contributed by atoms with Crippen molar-refractivity contribution >= 4 is 11.9 Å². The number of fused-ring (bicyclic) bond motifs is 2. The van der Waals surface area contributed by atoms with E-state index in [9.17, 15) is 19.8 Å². The van der Waals surface area contributed by atoms with E-state index in [1.165, 1.54) is 7.11 Å². The van der Waals surface area contributed by atoms with E-state index in [2.05, 4.69) is 0 Å². The Kier molecular flexibility index (Phi) is 5.01. The summed E-state index contributed by atoms with van der Waals surface area (Å²) in [5.41, 5.74) is -1.60. The van der Waals surface area contributed by atoms with E-state index < -0.39 is 40.9 Å². The zero-order chi connectivity index (χ0) is 21.1. The van der Waals surface area contributed by atoms with Gasteiger partial charge < -0.3 is 24.4 Å². The Morgan fingerprint density at radius 3 is 2.57 bits per heavy atom. The van der Waals surface area contributed by atoms with E-state index in [4.69, 9.17) is 14.2 Å². The first kappa shape index (κ1) is 21.0. The van der Waals surface area contributed by atoms with Gasteiger partial charge >= 0.3 is 11.9 Å². The van der Waals surface area contributed by atoms with Crippen molar-refractivity contribution in [1.82, 2.24) is 0 Å². The Morgan fingerprint density at radius 2 is 2.00 bits per heavy atom. The molecule has 28 heavy (non-hydrogen) atoms. The topological polar surface area (TPSA) is 102 Å². The number of esters is 2. The van der Waals surface area contributed by atoms with Crippen molar-refractivity contribution in [3.8, 4) is 0 Å². The van der Waals surface area contributed by atoms with Crippen molar-refractivity contribution in [2.45, 2.75) is 77.5 Å². The molecule has 1 aliphatic heterocycles. The zero-order valence-electron chi connectivity index (χ0n) is 17.4. The number of ether oxygens (including phenoxy) is 3. The van der Waals surface area contributed by atoms with Crippen LogP contribution in [0.5, 0.6) is 0 Å². The predicted octanol–water partition coefficient (Wildman–Crippen LogP) is 2.01. The molecule has 0 bridgehead atoms. The minimum absolute atomic E-state index is 0.0869. The summed E-state index contributed by atoms with van der Waals surface area (Å²) in [5, 5.41) is 23.3. The molecule has 156 valence electrons. The first-order chi connectivity index (χ1) is 13.0. The van der Waals surface area contributed by atoms with Gasteiger partial charge in [-0.15, -0.1) is 0 Å². The number of hydrogen-bond donors (Lipinski definition) is 2. The molecule has 0 spiro atoms. The fraction of sp³-hybridized carbons (Fsp3) is 0.714. The number of aliphatic hydroxyl groups excluding tert-OH is 1. The summed E-state index contributed by atoms with van der Waals surface area (Å²) in [5.74, 6) is -2.74. The molecule has 0 amide bonds. The van der Waals surface area contributed by atoms with Crippen LogP contribution in [0.2, 0.25) is 0 Å². The highest BCUT2D eigenvalue weighted by molar-refractivity contribution is 5.92. The Balaban J connectivity index is 2.12. The van der Waals surface area contributed by atoms with Crippen LogP contribution in [-0.4, -0.2) is 52.9 Å². The highest BCUT2D eigenvalue weighted by atomic mass is 16.7. The summed E-state index contributed by atoms with van der Waals surface area (Å²) >= 11 is 0. The monoisotopic (exact) mass is 394 g/mol. The second-order valence-corrected chi connectivity index (χ2v) is 8.52. The van der Waals surface area contributed by atoms with E-state index in [-0.39, 0.29) is 12.3 Å². The van der Waals surface area contributed by atoms with Crippen molar-refractivity contribution in [2.75, 3.05) is 7.11 Å². The fourth-order valence-corrected chi connectivity index (χ4v) is 5.12. The van der Waals surface area contributed by atoms with Crippen LogP contribution in [-0.2, 0) is 23.8 Å². The molecule has 3 aliphatic rings. The largest absolute Gasteiger partial charge is 0.456 e. The first-order valence-electron chi connectivity index (χ1n) is 9.72. The molecule has 6 atom stereocenters. The molecule has 7 nitrogen and oxygen atoms in total. The van der Waals surface area contributed by atoms with Crippen LogP contribution < -0.4 is 0 Å². The average Bonchev–Trinajstić information content (AvgIpc) is 2.91. The Bertz CT molecular complexity index is 769. The van der Waals surface area contributed by atoms with Crippen molar-refractivity contribution in [2.24, 2.45) is 11.3 Å². The summed E-state index contributed by atoms with van der Waals surface area (Å²) in [4.78, 5) is 24.7. The van der Waals surface area contributed by atoms with Crippen molar-refractivity contribution in [1.29, 1.82) is 0 Å². The molecule has 3 rings (SSSR count). The Labute approximate surface area is 165 Å². The number of carbonyl (C=O) groups is 2. The summed E-state index contributed by atoms with van der Waals surface area (Å²) in [6, 6.07) is 0. The number of carbonyl (C=O) groups excluding carboxylic acids is 2. The molecule has 2 N–H and O–H groups in total. The molecule has 0 aromatic rings. The van der Waals surface area contributed by atoms with Crippen molar-refractivity contribution in [3.63, 3.8) is 0 Å². The van der Waals surface area contributed by atoms with Gasteiger partial charge in [-0.3, -0.25) is 0 Å². The lowest BCUT2D eigenvalue weighted by atomic mass is 9.48. The van der Waals surface area contributed by atoms with Gasteiger partial charge in [-0.25, -0.2) is 9.59 Å². The van der Waals surface area contributed by atoms with Crippen molar-refractivity contribution in [3.05, 3.63) is 22.8 Å². The van der Waals surface area contributed by atoms with Gasteiger partial charge in [-0.05, 0) is 39.5 Å². The van der Waals surface area contributed by atoms with Crippen LogP contribution in [0.1, 0.15) is 53.9 Å². The first-order valence-corrected chi connectivity index (χ1v) is 9.72. The molecule has 2 saturated carbocycles. The van der Waals surface area contributed by atoms with Gasteiger partial charge in [0.15, 0.2) is 0 Å². The molecule has 6 unspecified atom stereocenters. The number of aliphatic hydroxyl groups is 2. The number of allylic oxidation sites excluding steroid dienone is 1. The van der Waals surface area contributed by atoms with E-state index >= 15 is 0 Å². The lowest BCUT2D eigenvalue weighted by molar-refractivity contribution is -0.305. The quantitative estimate of drug-likeness (QED) is 0.558. The van der Waals surface area contributed by atoms with E-state index in [0.717, 1.165) is 0 Å². The van der Waals surface area contributed by atoms with Crippen LogP contribution in [0, 0.1) is 11.3 Å². The minimum atomic E-state index is -1.64. The normalized spacial score (nSPS) is 43.4. The van der Waals surface area contributed by atoms with Crippen LogP contribution in [0.25, 0.3) is 0 Å². The highest BCUT2D eigenvalue weighted by Gasteiger charge is 2.72. The van der Waals surface area contributed by atoms with E-state index in [0.29, 0.717) is 29.6 Å². The molecule has 0 radical (unpaired) electrons. The van der Waals surface area contributed by atoms with Gasteiger partial charge in [0.25, 0.3) is 0 Å². The van der Waals surface area contributed by atoms with Gasteiger partial charge in [-0.1, -0.05) is 19.9 Å². The molecular weight excluding hydrogens is 364 g/mol. The SMILES string of the molecule is CC=C(C)C(=O)OC1CCC(C)C2(C)C(O)C3=C(C)C(=O)OC3(OC)CC12O. The number of methoxy groups -OCH3 is 1. The molecule has 2 fully saturated rings. The lowest BCUT2D eigenvalue weighted by Gasteiger charge is -2.62. The highest BCUT2D eigenvalue weighted by Crippen LogP contribution is 2.62. The van der Waals surface area contributed by atoms with E-state index in [1.54, 1.807) is 33.8 Å². The third-order valence-electron chi connectivity index (χ3n) is 7.41. The lowest BCUT2D eigenvalue weighted by Crippen LogP contribution is -2.73. The number of rotatable bonds is 3. The third-order valence-corrected chi connectivity index (χ3v) is 7.41. The molecule has 0 saturated heterocycles. The van der Waals surface area contributed by atoms with Gasteiger partial charge in [0.05, 0.1) is 12.5 Å². The second-order valence-electron chi connectivity index (χ2n) is 8.52. The summed E-state index contributed by atoms with van der Waals surface area (Å²) in [7, 11) is 1.38. The molecule has 1 heterocycles. The van der Waals surface area contributed by atoms with E-state index in [1.807, 2.05) is 6.92 Å². The van der Waals surface area contributed by atoms with Gasteiger partial charge in [-0.2, -0.15) is 0 Å². The Hall–Kier alpha value is -1.70. The molecule has 0 aromatic carbocycles. The summed E-state index contributed by atoms with van der Waals surface area (Å²) in [6.07, 6.45) is 0.584. The predicted molar refractivity (Wildman–Crippen MR) is 99.9 cm³/mol. The molecule has 7 heteroatoms. The maximum Gasteiger partial charge on any atom is 0.336 e. The maximum absolute atomic E-state index is 12.4. The number of hydrogen-bond acceptors (Lipinski definition) is 7.